The van der Waals surface area contributed by atoms with Gasteiger partial charge in [-0.25, -0.2) is 4.98 Å². The highest BCUT2D eigenvalue weighted by Gasteiger charge is 2.31. The molecule has 8 heteroatoms. The molecule has 0 spiro atoms. The van der Waals surface area contributed by atoms with Gasteiger partial charge >= 0.3 is 0 Å². The van der Waals surface area contributed by atoms with Crippen molar-refractivity contribution >= 4 is 51.7 Å². The molecule has 1 amide bonds. The first-order chi connectivity index (χ1) is 14.6. The predicted octanol–water partition coefficient (Wildman–Crippen LogP) is 3.92. The van der Waals surface area contributed by atoms with Gasteiger partial charge in [0.2, 0.25) is 0 Å². The number of benzene rings is 1. The van der Waals surface area contributed by atoms with Crippen LogP contribution in [0, 0.1) is 0 Å². The number of carbonyl (C=O) groups excluding carboxylic acids is 1. The summed E-state index contributed by atoms with van der Waals surface area (Å²) in [6.07, 6.45) is 4.09. The molecule has 0 aliphatic carbocycles. The van der Waals surface area contributed by atoms with Crippen molar-refractivity contribution in [2.45, 2.75) is 19.9 Å². The van der Waals surface area contributed by atoms with Crippen molar-refractivity contribution in [3.63, 3.8) is 0 Å². The molecule has 3 aromatic rings. The number of thioether (sulfide) groups is 1. The highest BCUT2D eigenvalue weighted by Crippen LogP contribution is 2.33. The van der Waals surface area contributed by atoms with Crippen molar-refractivity contribution in [1.29, 1.82) is 0 Å². The Kier molecular flexibility index (Phi) is 5.96. The smallest absolute Gasteiger partial charge is 0.267 e. The van der Waals surface area contributed by atoms with Crippen LogP contribution in [-0.2, 0) is 11.3 Å². The molecule has 0 radical (unpaired) electrons. The van der Waals surface area contributed by atoms with Gasteiger partial charge in [-0.3, -0.25) is 18.9 Å². The van der Waals surface area contributed by atoms with Crippen molar-refractivity contribution in [1.82, 2.24) is 14.3 Å². The summed E-state index contributed by atoms with van der Waals surface area (Å²) in [5.74, 6) is 0.272. The third kappa shape index (κ3) is 4.01. The number of nitrogens with zero attached hydrogens (tertiary/aromatic N) is 3. The Balaban J connectivity index is 1.77. The van der Waals surface area contributed by atoms with Crippen molar-refractivity contribution in [2.75, 3.05) is 11.9 Å². The van der Waals surface area contributed by atoms with Gasteiger partial charge in [-0.15, -0.1) is 0 Å². The molecule has 6 nitrogen and oxygen atoms in total. The minimum atomic E-state index is -0.239. The predicted molar refractivity (Wildman–Crippen MR) is 125 cm³/mol. The quantitative estimate of drug-likeness (QED) is 0.467. The Morgan fingerprint density at radius 2 is 1.90 bits per heavy atom. The monoisotopic (exact) mass is 436 g/mol. The van der Waals surface area contributed by atoms with E-state index in [1.165, 1.54) is 16.2 Å². The van der Waals surface area contributed by atoms with E-state index in [0.29, 0.717) is 39.3 Å². The number of amides is 1. The summed E-state index contributed by atoms with van der Waals surface area (Å²) in [4.78, 5) is 32.6. The van der Waals surface area contributed by atoms with Gasteiger partial charge in [0.05, 0.1) is 10.5 Å². The van der Waals surface area contributed by atoms with Crippen LogP contribution >= 0.6 is 24.0 Å². The van der Waals surface area contributed by atoms with Crippen molar-refractivity contribution in [2.24, 2.45) is 0 Å². The fourth-order valence-corrected chi connectivity index (χ4v) is 4.49. The lowest BCUT2D eigenvalue weighted by Crippen LogP contribution is -2.28. The topological polar surface area (TPSA) is 66.7 Å². The average molecular weight is 437 g/mol. The SMILES string of the molecule is CCCN1C(=O)C(=Cc2c(NCc3ccccc3)nc3ccccn3c2=O)SC1=S. The molecule has 0 bridgehead atoms. The molecule has 3 heterocycles. The number of fused-ring (bicyclic) bond motifs is 1. The molecule has 1 aliphatic rings. The van der Waals surface area contributed by atoms with Crippen LogP contribution in [0.25, 0.3) is 11.7 Å². The lowest BCUT2D eigenvalue weighted by atomic mass is 10.2. The van der Waals surface area contributed by atoms with Gasteiger partial charge in [-0.2, -0.15) is 0 Å². The first-order valence-corrected chi connectivity index (χ1v) is 10.9. The van der Waals surface area contributed by atoms with E-state index in [0.717, 1.165) is 12.0 Å². The summed E-state index contributed by atoms with van der Waals surface area (Å²) in [7, 11) is 0. The molecular weight excluding hydrogens is 416 g/mol. The fourth-order valence-electron chi connectivity index (χ4n) is 3.20. The molecule has 2 aromatic heterocycles. The molecular formula is C22H20N4O2S2. The van der Waals surface area contributed by atoms with Gasteiger partial charge in [-0.1, -0.05) is 67.3 Å². The minimum absolute atomic E-state index is 0.168. The highest BCUT2D eigenvalue weighted by molar-refractivity contribution is 8.26. The second-order valence-corrected chi connectivity index (χ2v) is 8.46. The number of thiocarbonyl (C=S) groups is 1. The number of pyridine rings is 1. The summed E-state index contributed by atoms with van der Waals surface area (Å²) >= 11 is 6.57. The zero-order valence-corrected chi connectivity index (χ0v) is 18.0. The van der Waals surface area contributed by atoms with Crippen LogP contribution < -0.4 is 10.9 Å². The number of aromatic nitrogens is 2. The van der Waals surface area contributed by atoms with Crippen molar-refractivity contribution < 1.29 is 4.79 Å². The summed E-state index contributed by atoms with van der Waals surface area (Å²) in [6, 6.07) is 15.2. The summed E-state index contributed by atoms with van der Waals surface area (Å²) in [5, 5.41) is 3.26. The third-order valence-corrected chi connectivity index (χ3v) is 6.05. The highest BCUT2D eigenvalue weighted by atomic mass is 32.2. The molecule has 4 rings (SSSR count). The molecule has 1 aromatic carbocycles. The number of hydrogen-bond acceptors (Lipinski definition) is 6. The standard InChI is InChI=1S/C22H20N4O2S2/c1-2-11-26-21(28)17(30-22(26)29)13-16-19(23-14-15-8-4-3-5-9-15)24-18-10-6-7-12-25(18)20(16)27/h3-10,12-13,23H,2,11,14H2,1H3. The minimum Gasteiger partial charge on any atom is -0.365 e. The largest absolute Gasteiger partial charge is 0.365 e. The Bertz CT molecular complexity index is 1200. The molecule has 0 atom stereocenters. The number of anilines is 1. The maximum atomic E-state index is 13.2. The second-order valence-electron chi connectivity index (χ2n) is 6.78. The lowest BCUT2D eigenvalue weighted by Gasteiger charge is -2.12. The van der Waals surface area contributed by atoms with E-state index in [2.05, 4.69) is 10.3 Å². The van der Waals surface area contributed by atoms with Gasteiger partial charge in [-0.05, 0) is 30.2 Å². The summed E-state index contributed by atoms with van der Waals surface area (Å²) in [5.41, 5.74) is 1.70. The number of carbonyl (C=O) groups is 1. The maximum absolute atomic E-state index is 13.2. The van der Waals surface area contributed by atoms with E-state index in [9.17, 15) is 9.59 Å². The van der Waals surface area contributed by atoms with Crippen LogP contribution in [0.1, 0.15) is 24.5 Å². The average Bonchev–Trinajstić information content (AvgIpc) is 3.03. The first kappa shape index (κ1) is 20.3. The zero-order valence-electron chi connectivity index (χ0n) is 16.4. The van der Waals surface area contributed by atoms with Crippen molar-refractivity contribution in [3.8, 4) is 0 Å². The van der Waals surface area contributed by atoms with E-state index in [-0.39, 0.29) is 11.5 Å². The van der Waals surface area contributed by atoms with Gasteiger partial charge < -0.3 is 5.32 Å². The fraction of sp³-hybridized carbons (Fsp3) is 0.182. The molecule has 152 valence electrons. The Morgan fingerprint density at radius 1 is 1.13 bits per heavy atom. The van der Waals surface area contributed by atoms with Crippen LogP contribution in [0.15, 0.2) is 64.4 Å². The summed E-state index contributed by atoms with van der Waals surface area (Å²) in [6.45, 7) is 3.07. The maximum Gasteiger partial charge on any atom is 0.267 e. The molecule has 0 unspecified atom stereocenters. The van der Waals surface area contributed by atoms with Crippen LogP contribution in [0.3, 0.4) is 0 Å². The van der Waals surface area contributed by atoms with E-state index in [4.69, 9.17) is 12.2 Å². The van der Waals surface area contributed by atoms with Crippen LogP contribution in [0.4, 0.5) is 5.82 Å². The zero-order chi connectivity index (χ0) is 21.1. The molecule has 0 saturated carbocycles. The van der Waals surface area contributed by atoms with Crippen LogP contribution in [-0.4, -0.2) is 31.1 Å². The van der Waals surface area contributed by atoms with Gasteiger partial charge in [0, 0.05) is 19.3 Å². The molecule has 1 N–H and O–H groups in total. The summed E-state index contributed by atoms with van der Waals surface area (Å²) < 4.78 is 1.99. The molecule has 30 heavy (non-hydrogen) atoms. The van der Waals surface area contributed by atoms with E-state index in [1.54, 1.807) is 29.3 Å². The number of hydrogen-bond donors (Lipinski definition) is 1. The Labute approximate surface area is 183 Å². The second kappa shape index (κ2) is 8.81. The van der Waals surface area contributed by atoms with E-state index >= 15 is 0 Å². The first-order valence-electron chi connectivity index (χ1n) is 9.63. The molecule has 1 aliphatic heterocycles. The van der Waals surface area contributed by atoms with Gasteiger partial charge in [0.15, 0.2) is 0 Å². The number of nitrogens with one attached hydrogen (secondary N) is 1. The van der Waals surface area contributed by atoms with Gasteiger partial charge in [0.25, 0.3) is 11.5 Å². The lowest BCUT2D eigenvalue weighted by molar-refractivity contribution is -0.122. The molecule has 1 saturated heterocycles. The number of rotatable bonds is 6. The third-order valence-electron chi connectivity index (χ3n) is 4.67. The molecule has 1 fully saturated rings. The normalized spacial score (nSPS) is 15.4. The van der Waals surface area contributed by atoms with Crippen molar-refractivity contribution in [3.05, 3.63) is 81.1 Å². The van der Waals surface area contributed by atoms with E-state index in [1.807, 2.05) is 43.3 Å². The van der Waals surface area contributed by atoms with Crippen LogP contribution in [0.2, 0.25) is 0 Å². The Morgan fingerprint density at radius 3 is 2.67 bits per heavy atom. The van der Waals surface area contributed by atoms with Gasteiger partial charge in [0.1, 0.15) is 15.8 Å². The van der Waals surface area contributed by atoms with Crippen LogP contribution in [0.5, 0.6) is 0 Å². The van der Waals surface area contributed by atoms with E-state index < -0.39 is 0 Å². The Hall–Kier alpha value is -2.97.